The van der Waals surface area contributed by atoms with Crippen LogP contribution in [0, 0.1) is 17.2 Å². The van der Waals surface area contributed by atoms with Crippen molar-refractivity contribution in [1.82, 2.24) is 35.6 Å². The summed E-state index contributed by atoms with van der Waals surface area (Å²) in [4.78, 5) is 17.8. The third kappa shape index (κ3) is 5.41. The molecule has 4 rings (SSSR count). The zero-order valence-corrected chi connectivity index (χ0v) is 21.4. The predicted molar refractivity (Wildman–Crippen MR) is 129 cm³/mol. The number of aromatic nitrogens is 5. The van der Waals surface area contributed by atoms with Crippen molar-refractivity contribution in [2.75, 3.05) is 0 Å². The number of carbonyl (C=O) groups excluding carboxylic acids is 1. The Morgan fingerprint density at radius 2 is 2.03 bits per heavy atom. The molecule has 0 spiro atoms. The van der Waals surface area contributed by atoms with Gasteiger partial charge >= 0.3 is 6.03 Å². The first-order valence-corrected chi connectivity index (χ1v) is 12.3. The molecule has 0 aliphatic heterocycles. The van der Waals surface area contributed by atoms with Crippen molar-refractivity contribution in [3.8, 4) is 0 Å². The van der Waals surface area contributed by atoms with Gasteiger partial charge in [-0.1, -0.05) is 32.4 Å². The summed E-state index contributed by atoms with van der Waals surface area (Å²) in [6.45, 7) is 5.90. The van der Waals surface area contributed by atoms with Gasteiger partial charge in [-0.2, -0.15) is 4.80 Å². The van der Waals surface area contributed by atoms with E-state index in [1.165, 1.54) is 23.1 Å². The smallest absolute Gasteiger partial charge is 0.330 e. The van der Waals surface area contributed by atoms with E-state index in [-0.39, 0.29) is 46.0 Å². The van der Waals surface area contributed by atoms with Gasteiger partial charge in [0.1, 0.15) is 11.6 Å². The molecule has 1 saturated carbocycles. The summed E-state index contributed by atoms with van der Waals surface area (Å²) < 4.78 is 30.0. The number of allylic oxidation sites excluding steroid dienone is 4. The Kier molecular flexibility index (Phi) is 7.42. The first-order chi connectivity index (χ1) is 17.0. The van der Waals surface area contributed by atoms with E-state index in [1.54, 1.807) is 14.0 Å². The van der Waals surface area contributed by atoms with E-state index in [2.05, 4.69) is 39.6 Å². The lowest BCUT2D eigenvalue weighted by Gasteiger charge is -2.37. The van der Waals surface area contributed by atoms with Gasteiger partial charge in [-0.3, -0.25) is 10.2 Å². The molecular weight excluding hydrogens is 492 g/mol. The zero-order chi connectivity index (χ0) is 26.2. The quantitative estimate of drug-likeness (QED) is 0.430. The number of tetrazole rings is 1. The zero-order valence-electron chi connectivity index (χ0n) is 20.7. The van der Waals surface area contributed by atoms with Gasteiger partial charge in [-0.25, -0.2) is 18.6 Å². The van der Waals surface area contributed by atoms with Gasteiger partial charge in [0.15, 0.2) is 0 Å². The van der Waals surface area contributed by atoms with Crippen molar-refractivity contribution in [2.45, 2.75) is 65.0 Å². The summed E-state index contributed by atoms with van der Waals surface area (Å²) in [5.74, 6) is -2.30. The fraction of sp³-hybridized carbons (Fsp3) is 0.542. The second-order valence-corrected chi connectivity index (χ2v) is 10.7. The molecule has 9 nitrogen and oxygen atoms in total. The first kappa shape index (κ1) is 26.2. The number of aryl methyl sites for hydroxylation is 1. The van der Waals surface area contributed by atoms with Crippen LogP contribution in [0.5, 0.6) is 0 Å². The van der Waals surface area contributed by atoms with Crippen LogP contribution in [0.15, 0.2) is 29.2 Å². The largest absolute Gasteiger partial charge is 0.341 e. The lowest BCUT2D eigenvalue weighted by atomic mass is 9.75. The lowest BCUT2D eigenvalue weighted by Crippen LogP contribution is -2.46. The van der Waals surface area contributed by atoms with E-state index in [0.29, 0.717) is 23.5 Å². The molecule has 2 heterocycles. The number of amides is 2. The van der Waals surface area contributed by atoms with Gasteiger partial charge in [-0.15, -0.1) is 10.2 Å². The van der Waals surface area contributed by atoms with Crippen molar-refractivity contribution in [1.29, 1.82) is 0 Å². The lowest BCUT2D eigenvalue weighted by molar-refractivity contribution is -0.0943. The Labute approximate surface area is 213 Å². The van der Waals surface area contributed by atoms with E-state index in [0.717, 1.165) is 12.8 Å². The molecule has 2 aliphatic carbocycles. The topological polar surface area (TPSA) is 109 Å². The highest BCUT2D eigenvalue weighted by Gasteiger charge is 2.36. The Bertz CT molecular complexity index is 1200. The number of halogens is 3. The summed E-state index contributed by atoms with van der Waals surface area (Å²) in [5, 5.41) is 25.6. The first-order valence-electron chi connectivity index (χ1n) is 11.9. The van der Waals surface area contributed by atoms with E-state index in [9.17, 15) is 14.4 Å². The molecule has 0 saturated heterocycles. The minimum Gasteiger partial charge on any atom is -0.330 e. The van der Waals surface area contributed by atoms with Crippen LogP contribution >= 0.6 is 11.6 Å². The van der Waals surface area contributed by atoms with Crippen molar-refractivity contribution in [3.63, 3.8) is 0 Å². The average molecular weight is 522 g/mol. The molecule has 2 unspecified atom stereocenters. The monoisotopic (exact) mass is 521 g/mol. The second-order valence-electron chi connectivity index (χ2n) is 10.3. The van der Waals surface area contributed by atoms with Crippen LogP contribution in [-0.2, 0) is 13.6 Å². The molecule has 36 heavy (non-hydrogen) atoms. The summed E-state index contributed by atoms with van der Waals surface area (Å²) in [6, 6.07) is 0.261. The number of nitrogens with zero attached hydrogens (tertiary/aromatic N) is 6. The van der Waals surface area contributed by atoms with Crippen LogP contribution in [0.25, 0.3) is 5.57 Å². The van der Waals surface area contributed by atoms with Gasteiger partial charge in [0, 0.05) is 28.6 Å². The maximum Gasteiger partial charge on any atom is 0.341 e. The Hall–Kier alpha value is -2.92. The predicted octanol–water partition coefficient (Wildman–Crippen LogP) is 4.85. The molecule has 12 heteroatoms. The Morgan fingerprint density at radius 3 is 2.64 bits per heavy atom. The molecule has 0 radical (unpaired) electrons. The van der Waals surface area contributed by atoms with Crippen molar-refractivity contribution < 1.29 is 18.8 Å². The number of carbonyl (C=O) groups is 1. The highest BCUT2D eigenvalue weighted by molar-refractivity contribution is 6.30. The van der Waals surface area contributed by atoms with Crippen LogP contribution in [0.1, 0.15) is 69.5 Å². The third-order valence-electron chi connectivity index (χ3n) is 7.08. The van der Waals surface area contributed by atoms with Gasteiger partial charge < -0.3 is 5.32 Å². The summed E-state index contributed by atoms with van der Waals surface area (Å²) in [5.41, 5.74) is 0.708. The standard InChI is InChI=1S/C24H30ClF2N7O2/c1-13-16(25)10-18(27)21(22-30-32-33(4)31-22)20(13)14-9-17(26)19(28-11-14)12-29-23(35)34(36)15-5-7-24(2,3)8-6-15/h9-11,13,15,20,36H,5-8,12H2,1-4H3,(H,29,35). The average Bonchev–Trinajstić information content (AvgIpc) is 3.25. The highest BCUT2D eigenvalue weighted by atomic mass is 35.5. The summed E-state index contributed by atoms with van der Waals surface area (Å²) >= 11 is 6.26. The minimum absolute atomic E-state index is 0.0148. The molecule has 2 atom stereocenters. The van der Waals surface area contributed by atoms with Crippen LogP contribution in [0.3, 0.4) is 0 Å². The minimum atomic E-state index is -0.705. The van der Waals surface area contributed by atoms with Crippen molar-refractivity contribution in [3.05, 3.63) is 52.1 Å². The molecule has 2 aromatic rings. The molecule has 2 N–H and O–H groups in total. The number of hydrogen-bond acceptors (Lipinski definition) is 6. The Morgan fingerprint density at radius 1 is 1.33 bits per heavy atom. The van der Waals surface area contributed by atoms with E-state index in [1.807, 2.05) is 0 Å². The second kappa shape index (κ2) is 10.2. The fourth-order valence-corrected chi connectivity index (χ4v) is 5.02. The maximum absolute atomic E-state index is 15.1. The van der Waals surface area contributed by atoms with Crippen LogP contribution < -0.4 is 5.32 Å². The maximum atomic E-state index is 15.1. The van der Waals surface area contributed by atoms with Crippen molar-refractivity contribution in [2.24, 2.45) is 18.4 Å². The van der Waals surface area contributed by atoms with E-state index in [4.69, 9.17) is 11.6 Å². The van der Waals surface area contributed by atoms with Crippen LogP contribution in [0.4, 0.5) is 13.6 Å². The van der Waals surface area contributed by atoms with Gasteiger partial charge in [-0.05, 0) is 54.0 Å². The molecule has 2 amide bonds. The number of rotatable bonds is 5. The van der Waals surface area contributed by atoms with Crippen molar-refractivity contribution >= 4 is 23.2 Å². The number of urea groups is 1. The SMILES string of the molecule is CC1C(Cl)=CC(F)=C(c2nnn(C)n2)C1c1cnc(CNC(=O)N(O)C2CCC(C)(C)CC2)c(F)c1. The van der Waals surface area contributed by atoms with Gasteiger partial charge in [0.25, 0.3) is 0 Å². The molecule has 0 bridgehead atoms. The summed E-state index contributed by atoms with van der Waals surface area (Å²) in [7, 11) is 1.56. The molecule has 1 fully saturated rings. The van der Waals surface area contributed by atoms with Crippen LogP contribution in [0.2, 0.25) is 0 Å². The van der Waals surface area contributed by atoms with Crippen LogP contribution in [-0.4, -0.2) is 47.5 Å². The fourth-order valence-electron chi connectivity index (χ4n) is 4.80. The number of pyridine rings is 1. The number of nitrogens with one attached hydrogen (secondary N) is 1. The van der Waals surface area contributed by atoms with Gasteiger partial charge in [0.05, 0.1) is 25.3 Å². The number of hydroxylamine groups is 2. The van der Waals surface area contributed by atoms with E-state index < -0.39 is 23.6 Å². The number of hydrogen-bond donors (Lipinski definition) is 2. The third-order valence-corrected chi connectivity index (χ3v) is 7.54. The highest BCUT2D eigenvalue weighted by Crippen LogP contribution is 2.46. The van der Waals surface area contributed by atoms with Gasteiger partial charge in [0.2, 0.25) is 5.82 Å². The molecule has 194 valence electrons. The molecule has 2 aliphatic rings. The normalized spacial score (nSPS) is 22.4. The molecular formula is C24H30ClF2N7O2. The molecule has 2 aromatic heterocycles. The molecule has 0 aromatic carbocycles. The van der Waals surface area contributed by atoms with E-state index >= 15 is 4.39 Å². The Balaban J connectivity index is 1.48. The summed E-state index contributed by atoms with van der Waals surface area (Å²) in [6.07, 6.45) is 5.82.